The molecular weight excluding hydrogens is 298 g/mol. The van der Waals surface area contributed by atoms with Gasteiger partial charge in [0.05, 0.1) is 10.7 Å². The highest BCUT2D eigenvalue weighted by molar-refractivity contribution is 9.10. The Bertz CT molecular complexity index is 525. The summed E-state index contributed by atoms with van der Waals surface area (Å²) >= 11 is 9.52. The van der Waals surface area contributed by atoms with Crippen LogP contribution >= 0.6 is 27.5 Å². The van der Waals surface area contributed by atoms with E-state index in [4.69, 9.17) is 11.6 Å². The number of aryl methyl sites for hydroxylation is 1. The van der Waals surface area contributed by atoms with Crippen molar-refractivity contribution in [2.75, 3.05) is 5.32 Å². The number of benzene rings is 2. The van der Waals surface area contributed by atoms with Crippen molar-refractivity contribution in [3.8, 4) is 0 Å². The molecule has 0 bridgehead atoms. The fraction of sp³-hybridized carbons (Fsp3) is 0.143. The summed E-state index contributed by atoms with van der Waals surface area (Å²) in [7, 11) is 0. The average Bonchev–Trinajstić information content (AvgIpc) is 2.28. The van der Waals surface area contributed by atoms with Crippen molar-refractivity contribution in [3.63, 3.8) is 0 Å². The zero-order valence-electron chi connectivity index (χ0n) is 9.50. The molecule has 2 aromatic rings. The molecule has 1 nitrogen and oxygen atoms in total. The lowest BCUT2D eigenvalue weighted by Gasteiger charge is -2.09. The predicted octanol–water partition coefficient (Wildman–Crippen LogP) is 5.02. The molecule has 88 valence electrons. The van der Waals surface area contributed by atoms with Crippen LogP contribution in [0.4, 0.5) is 5.69 Å². The van der Waals surface area contributed by atoms with Crippen molar-refractivity contribution in [2.45, 2.75) is 13.5 Å². The van der Waals surface area contributed by atoms with Crippen molar-refractivity contribution >= 4 is 33.2 Å². The third-order valence-corrected chi connectivity index (χ3v) is 3.30. The Morgan fingerprint density at radius 2 is 2.00 bits per heavy atom. The van der Waals surface area contributed by atoms with E-state index in [1.807, 2.05) is 18.2 Å². The normalized spacial score (nSPS) is 10.3. The van der Waals surface area contributed by atoms with E-state index in [0.717, 1.165) is 21.7 Å². The molecule has 0 saturated heterocycles. The van der Waals surface area contributed by atoms with E-state index >= 15 is 0 Å². The summed E-state index contributed by atoms with van der Waals surface area (Å²) in [6, 6.07) is 14.3. The highest BCUT2D eigenvalue weighted by Gasteiger charge is 2.00. The van der Waals surface area contributed by atoms with E-state index in [2.05, 4.69) is 52.4 Å². The second-order valence-corrected chi connectivity index (χ2v) is 5.29. The third-order valence-electron chi connectivity index (χ3n) is 2.50. The summed E-state index contributed by atoms with van der Waals surface area (Å²) in [6.07, 6.45) is 0. The van der Waals surface area contributed by atoms with Crippen LogP contribution in [-0.2, 0) is 6.54 Å². The molecule has 0 amide bonds. The first-order valence-corrected chi connectivity index (χ1v) is 6.57. The Morgan fingerprint density at radius 1 is 1.18 bits per heavy atom. The lowest BCUT2D eigenvalue weighted by atomic mass is 10.1. The zero-order chi connectivity index (χ0) is 12.3. The van der Waals surface area contributed by atoms with Gasteiger partial charge in [0.2, 0.25) is 0 Å². The Balaban J connectivity index is 2.07. The summed E-state index contributed by atoms with van der Waals surface area (Å²) in [5.41, 5.74) is 3.48. The second-order valence-electron chi connectivity index (χ2n) is 3.97. The van der Waals surface area contributed by atoms with Crippen molar-refractivity contribution in [3.05, 3.63) is 63.1 Å². The van der Waals surface area contributed by atoms with Crippen LogP contribution < -0.4 is 5.32 Å². The maximum absolute atomic E-state index is 6.13. The first kappa shape index (κ1) is 12.5. The monoisotopic (exact) mass is 309 g/mol. The first-order chi connectivity index (χ1) is 8.15. The van der Waals surface area contributed by atoms with Crippen LogP contribution in [0, 0.1) is 6.92 Å². The van der Waals surface area contributed by atoms with Gasteiger partial charge in [-0.25, -0.2) is 0 Å². The van der Waals surface area contributed by atoms with Gasteiger partial charge < -0.3 is 5.32 Å². The Labute approximate surface area is 115 Å². The van der Waals surface area contributed by atoms with Gasteiger partial charge >= 0.3 is 0 Å². The van der Waals surface area contributed by atoms with Gasteiger partial charge in [-0.1, -0.05) is 57.4 Å². The van der Waals surface area contributed by atoms with Crippen LogP contribution in [0.15, 0.2) is 46.9 Å². The highest BCUT2D eigenvalue weighted by atomic mass is 79.9. The van der Waals surface area contributed by atoms with Gasteiger partial charge in [0.15, 0.2) is 0 Å². The predicted molar refractivity (Wildman–Crippen MR) is 77.7 cm³/mol. The molecular formula is C14H13BrClN. The fourth-order valence-corrected chi connectivity index (χ4v) is 2.39. The van der Waals surface area contributed by atoms with Crippen LogP contribution in [0.1, 0.15) is 11.1 Å². The lowest BCUT2D eigenvalue weighted by molar-refractivity contribution is 1.14. The smallest absolute Gasteiger partial charge is 0.0648 e. The Morgan fingerprint density at radius 3 is 2.71 bits per heavy atom. The molecule has 0 aliphatic rings. The topological polar surface area (TPSA) is 12.0 Å². The van der Waals surface area contributed by atoms with Crippen LogP contribution in [-0.4, -0.2) is 0 Å². The third kappa shape index (κ3) is 3.48. The van der Waals surface area contributed by atoms with Gasteiger partial charge in [-0.15, -0.1) is 0 Å². The minimum Gasteiger partial charge on any atom is -0.380 e. The van der Waals surface area contributed by atoms with Crippen molar-refractivity contribution in [1.29, 1.82) is 0 Å². The van der Waals surface area contributed by atoms with Gasteiger partial charge in [0.1, 0.15) is 0 Å². The second kappa shape index (κ2) is 5.56. The molecule has 0 fully saturated rings. The van der Waals surface area contributed by atoms with Gasteiger partial charge in [-0.05, 0) is 30.7 Å². The summed E-state index contributed by atoms with van der Waals surface area (Å²) in [5.74, 6) is 0. The molecule has 0 aromatic heterocycles. The molecule has 0 radical (unpaired) electrons. The molecule has 17 heavy (non-hydrogen) atoms. The van der Waals surface area contributed by atoms with Crippen LogP contribution in [0.25, 0.3) is 0 Å². The molecule has 0 unspecified atom stereocenters. The standard InChI is InChI=1S/C14H13BrClN/c1-10-3-2-4-11(7-10)9-17-14-6-5-12(15)8-13(14)16/h2-8,17H,9H2,1H3. The molecule has 0 spiro atoms. The largest absolute Gasteiger partial charge is 0.380 e. The fourth-order valence-electron chi connectivity index (χ4n) is 1.65. The summed E-state index contributed by atoms with van der Waals surface area (Å²) in [6.45, 7) is 2.87. The molecule has 0 aliphatic heterocycles. The first-order valence-electron chi connectivity index (χ1n) is 5.39. The van der Waals surface area contributed by atoms with Crippen molar-refractivity contribution in [1.82, 2.24) is 0 Å². The number of hydrogen-bond acceptors (Lipinski definition) is 1. The molecule has 0 atom stereocenters. The molecule has 0 saturated carbocycles. The van der Waals surface area contributed by atoms with Crippen molar-refractivity contribution in [2.24, 2.45) is 0 Å². The van der Waals surface area contributed by atoms with E-state index in [0.29, 0.717) is 0 Å². The number of anilines is 1. The van der Waals surface area contributed by atoms with E-state index < -0.39 is 0 Å². The van der Waals surface area contributed by atoms with Crippen molar-refractivity contribution < 1.29 is 0 Å². The maximum Gasteiger partial charge on any atom is 0.0648 e. The molecule has 0 heterocycles. The number of halogens is 2. The van der Waals surface area contributed by atoms with Gasteiger partial charge in [-0.3, -0.25) is 0 Å². The summed E-state index contributed by atoms with van der Waals surface area (Å²) in [4.78, 5) is 0. The summed E-state index contributed by atoms with van der Waals surface area (Å²) in [5, 5.41) is 4.06. The van der Waals surface area contributed by atoms with E-state index in [-0.39, 0.29) is 0 Å². The SMILES string of the molecule is Cc1cccc(CNc2ccc(Br)cc2Cl)c1. The number of nitrogens with one attached hydrogen (secondary N) is 1. The number of rotatable bonds is 3. The van der Waals surface area contributed by atoms with Gasteiger partial charge in [-0.2, -0.15) is 0 Å². The molecule has 0 aliphatic carbocycles. The van der Waals surface area contributed by atoms with Crippen LogP contribution in [0.5, 0.6) is 0 Å². The van der Waals surface area contributed by atoms with E-state index in [1.165, 1.54) is 11.1 Å². The minimum atomic E-state index is 0.729. The quantitative estimate of drug-likeness (QED) is 0.839. The molecule has 2 rings (SSSR count). The van der Waals surface area contributed by atoms with E-state index in [9.17, 15) is 0 Å². The molecule has 1 N–H and O–H groups in total. The van der Waals surface area contributed by atoms with E-state index in [1.54, 1.807) is 0 Å². The maximum atomic E-state index is 6.13. The molecule has 3 heteroatoms. The van der Waals surface area contributed by atoms with Crippen LogP contribution in [0.3, 0.4) is 0 Å². The average molecular weight is 311 g/mol. The Kier molecular flexibility index (Phi) is 4.08. The van der Waals surface area contributed by atoms with Crippen LogP contribution in [0.2, 0.25) is 5.02 Å². The zero-order valence-corrected chi connectivity index (χ0v) is 11.8. The summed E-state index contributed by atoms with van der Waals surface area (Å²) < 4.78 is 0.989. The van der Waals surface area contributed by atoms with Gasteiger partial charge in [0.25, 0.3) is 0 Å². The highest BCUT2D eigenvalue weighted by Crippen LogP contribution is 2.26. The van der Waals surface area contributed by atoms with Gasteiger partial charge in [0, 0.05) is 11.0 Å². The lowest BCUT2D eigenvalue weighted by Crippen LogP contribution is -1.99. The Hall–Kier alpha value is -0.990. The minimum absolute atomic E-state index is 0.729. The number of hydrogen-bond donors (Lipinski definition) is 1. The molecule has 2 aromatic carbocycles.